The van der Waals surface area contributed by atoms with Crippen molar-refractivity contribution in [2.45, 2.75) is 26.7 Å². The van der Waals surface area contributed by atoms with Gasteiger partial charge in [0.1, 0.15) is 5.75 Å². The third-order valence-electron chi connectivity index (χ3n) is 4.94. The van der Waals surface area contributed by atoms with Gasteiger partial charge in [-0.3, -0.25) is 9.59 Å². The van der Waals surface area contributed by atoms with Gasteiger partial charge in [0.15, 0.2) is 0 Å². The zero-order valence-corrected chi connectivity index (χ0v) is 16.8. The molecule has 1 aliphatic rings. The van der Waals surface area contributed by atoms with Crippen LogP contribution in [-0.2, 0) is 4.79 Å². The van der Waals surface area contributed by atoms with Gasteiger partial charge in [-0.15, -0.1) is 0 Å². The summed E-state index contributed by atoms with van der Waals surface area (Å²) in [6, 6.07) is 4.86. The van der Waals surface area contributed by atoms with E-state index in [4.69, 9.17) is 20.9 Å². The number of hydrogen-bond donors (Lipinski definition) is 3. The largest absolute Gasteiger partial charge is 0.496 e. The number of carbonyl (C=O) groups is 2. The lowest BCUT2D eigenvalue weighted by Crippen LogP contribution is -2.29. The number of fused-ring (bicyclic) bond motifs is 1. The normalized spacial score (nSPS) is 15.4. The van der Waals surface area contributed by atoms with E-state index in [-0.39, 0.29) is 0 Å². The maximum Gasteiger partial charge on any atom is 0.248 e. The fourth-order valence-electron chi connectivity index (χ4n) is 3.65. The smallest absolute Gasteiger partial charge is 0.248 e. The number of allylic oxidation sites excluding steroid dienone is 1. The lowest BCUT2D eigenvalue weighted by Gasteiger charge is -2.32. The van der Waals surface area contributed by atoms with Gasteiger partial charge in [-0.25, -0.2) is 4.98 Å². The standard InChI is InChI=1S/C21H24N4O4/c1-5-29-21-17-16(13-7-6-12(19(22)26)8-14(13)28-4)15(20(23)27)11(3)25-18(17)10(2)9-24-21/h6-9,16,25H,5H2,1-4H3,(H2,22,26)(H2,23,27). The Morgan fingerprint density at radius 1 is 1.21 bits per heavy atom. The Hall–Kier alpha value is -3.55. The predicted molar refractivity (Wildman–Crippen MR) is 109 cm³/mol. The van der Waals surface area contributed by atoms with Crippen molar-refractivity contribution in [3.8, 4) is 11.6 Å². The highest BCUT2D eigenvalue weighted by Gasteiger charge is 2.37. The highest BCUT2D eigenvalue weighted by molar-refractivity contribution is 5.98. The Morgan fingerprint density at radius 2 is 1.93 bits per heavy atom. The van der Waals surface area contributed by atoms with Crippen molar-refractivity contribution >= 4 is 17.5 Å². The molecule has 1 aliphatic heterocycles. The minimum Gasteiger partial charge on any atom is -0.496 e. The van der Waals surface area contributed by atoms with E-state index in [1.165, 1.54) is 7.11 Å². The third-order valence-corrected chi connectivity index (χ3v) is 4.94. The highest BCUT2D eigenvalue weighted by Crippen LogP contribution is 2.48. The first-order chi connectivity index (χ1) is 13.8. The van der Waals surface area contributed by atoms with Gasteiger partial charge in [0.2, 0.25) is 17.7 Å². The van der Waals surface area contributed by atoms with Crippen LogP contribution in [0.5, 0.6) is 11.6 Å². The van der Waals surface area contributed by atoms with Crippen molar-refractivity contribution in [1.29, 1.82) is 0 Å². The van der Waals surface area contributed by atoms with Crippen LogP contribution in [0.2, 0.25) is 0 Å². The molecule has 0 aliphatic carbocycles. The van der Waals surface area contributed by atoms with Crippen molar-refractivity contribution in [2.75, 3.05) is 19.0 Å². The molecule has 1 atom stereocenters. The van der Waals surface area contributed by atoms with E-state index in [2.05, 4.69) is 10.3 Å². The molecule has 0 saturated carbocycles. The number of methoxy groups -OCH3 is 1. The summed E-state index contributed by atoms with van der Waals surface area (Å²) in [6.45, 7) is 5.97. The van der Waals surface area contributed by atoms with Crippen LogP contribution in [0.1, 0.15) is 46.8 Å². The maximum absolute atomic E-state index is 12.4. The Kier molecular flexibility index (Phi) is 5.45. The molecule has 2 amide bonds. The summed E-state index contributed by atoms with van der Waals surface area (Å²) in [5, 5.41) is 3.27. The average molecular weight is 396 g/mol. The second-order valence-corrected chi connectivity index (χ2v) is 6.75. The van der Waals surface area contributed by atoms with E-state index in [0.29, 0.717) is 46.2 Å². The fraction of sp³-hybridized carbons (Fsp3) is 0.286. The molecule has 0 spiro atoms. The lowest BCUT2D eigenvalue weighted by molar-refractivity contribution is -0.114. The lowest BCUT2D eigenvalue weighted by atomic mass is 9.79. The van der Waals surface area contributed by atoms with Crippen LogP contribution in [0, 0.1) is 6.92 Å². The molecule has 5 N–H and O–H groups in total. The maximum atomic E-state index is 12.4. The molecule has 29 heavy (non-hydrogen) atoms. The third kappa shape index (κ3) is 3.49. The van der Waals surface area contributed by atoms with Crippen LogP contribution in [0.15, 0.2) is 35.7 Å². The van der Waals surface area contributed by atoms with Crippen molar-refractivity contribution in [3.05, 3.63) is 57.9 Å². The first-order valence-corrected chi connectivity index (χ1v) is 9.17. The Morgan fingerprint density at radius 3 is 2.52 bits per heavy atom. The zero-order valence-electron chi connectivity index (χ0n) is 16.8. The predicted octanol–water partition coefficient (Wildman–Crippen LogP) is 2.21. The van der Waals surface area contributed by atoms with Crippen LogP contribution >= 0.6 is 0 Å². The Balaban J connectivity index is 2.36. The summed E-state index contributed by atoms with van der Waals surface area (Å²) < 4.78 is 11.3. The van der Waals surface area contributed by atoms with E-state index >= 15 is 0 Å². The molecular weight excluding hydrogens is 372 g/mol. The Bertz CT molecular complexity index is 1030. The summed E-state index contributed by atoms with van der Waals surface area (Å²) in [6.07, 6.45) is 1.71. The molecule has 3 rings (SSSR count). The molecule has 2 heterocycles. The number of carbonyl (C=O) groups excluding carboxylic acids is 2. The van der Waals surface area contributed by atoms with E-state index < -0.39 is 17.7 Å². The van der Waals surface area contributed by atoms with Gasteiger partial charge in [-0.1, -0.05) is 6.07 Å². The van der Waals surface area contributed by atoms with Crippen LogP contribution in [0.3, 0.4) is 0 Å². The molecule has 8 heteroatoms. The van der Waals surface area contributed by atoms with Gasteiger partial charge in [0.25, 0.3) is 0 Å². The van der Waals surface area contributed by atoms with Crippen molar-refractivity contribution < 1.29 is 19.1 Å². The molecular formula is C21H24N4O4. The van der Waals surface area contributed by atoms with Gasteiger partial charge in [0.05, 0.1) is 30.9 Å². The number of primary amides is 2. The van der Waals surface area contributed by atoms with Crippen LogP contribution in [-0.4, -0.2) is 30.5 Å². The van der Waals surface area contributed by atoms with Crippen LogP contribution in [0.4, 0.5) is 5.69 Å². The van der Waals surface area contributed by atoms with Crippen LogP contribution < -0.4 is 26.3 Å². The van der Waals surface area contributed by atoms with Crippen molar-refractivity contribution in [3.63, 3.8) is 0 Å². The van der Waals surface area contributed by atoms with Crippen molar-refractivity contribution in [1.82, 2.24) is 4.98 Å². The van der Waals surface area contributed by atoms with Gasteiger partial charge in [-0.05, 0) is 38.5 Å². The molecule has 0 bridgehead atoms. The number of anilines is 1. The van der Waals surface area contributed by atoms with E-state index in [0.717, 1.165) is 11.3 Å². The number of hydrogen-bond acceptors (Lipinski definition) is 6. The van der Waals surface area contributed by atoms with Crippen LogP contribution in [0.25, 0.3) is 0 Å². The molecule has 0 saturated heterocycles. The van der Waals surface area contributed by atoms with Gasteiger partial charge in [0, 0.05) is 28.6 Å². The molecule has 152 valence electrons. The molecule has 8 nitrogen and oxygen atoms in total. The molecule has 1 aromatic heterocycles. The number of amides is 2. The zero-order chi connectivity index (χ0) is 21.3. The number of pyridine rings is 1. The number of nitrogens with zero attached hydrogens (tertiary/aromatic N) is 1. The summed E-state index contributed by atoms with van der Waals surface area (Å²) in [7, 11) is 1.49. The van der Waals surface area contributed by atoms with Gasteiger partial charge in [-0.2, -0.15) is 0 Å². The Labute approximate surface area is 168 Å². The number of aromatic nitrogens is 1. The summed E-state index contributed by atoms with van der Waals surface area (Å²) >= 11 is 0. The van der Waals surface area contributed by atoms with Crippen molar-refractivity contribution in [2.24, 2.45) is 11.5 Å². The number of benzene rings is 1. The molecule has 1 aromatic carbocycles. The summed E-state index contributed by atoms with van der Waals surface area (Å²) in [5.41, 5.74) is 15.5. The minimum atomic E-state index is -0.588. The summed E-state index contributed by atoms with van der Waals surface area (Å²) in [4.78, 5) is 28.5. The summed E-state index contributed by atoms with van der Waals surface area (Å²) in [5.74, 6) is -0.923. The first kappa shape index (κ1) is 20.2. The molecule has 0 radical (unpaired) electrons. The first-order valence-electron chi connectivity index (χ1n) is 9.17. The quantitative estimate of drug-likeness (QED) is 0.686. The monoisotopic (exact) mass is 396 g/mol. The van der Waals surface area contributed by atoms with E-state index in [1.54, 1.807) is 31.3 Å². The van der Waals surface area contributed by atoms with Gasteiger partial charge >= 0.3 is 0 Å². The average Bonchev–Trinajstić information content (AvgIpc) is 2.68. The van der Waals surface area contributed by atoms with Gasteiger partial charge < -0.3 is 26.3 Å². The second kappa shape index (κ2) is 7.83. The number of nitrogens with two attached hydrogens (primary N) is 2. The molecule has 2 aromatic rings. The number of rotatable bonds is 6. The number of nitrogens with one attached hydrogen (secondary N) is 1. The number of ether oxygens (including phenoxy) is 2. The SMILES string of the molecule is CCOc1ncc(C)c2c1C(c1ccc(C(N)=O)cc1OC)C(C(N)=O)=C(C)N2. The van der Waals surface area contributed by atoms with E-state index in [9.17, 15) is 9.59 Å². The minimum absolute atomic E-state index is 0.300. The molecule has 1 unspecified atom stereocenters. The number of aryl methyl sites for hydroxylation is 1. The highest BCUT2D eigenvalue weighted by atomic mass is 16.5. The topological polar surface area (TPSA) is 130 Å². The molecule has 0 fully saturated rings. The van der Waals surface area contributed by atoms with E-state index in [1.807, 2.05) is 13.8 Å². The fourth-order valence-corrected chi connectivity index (χ4v) is 3.65. The second-order valence-electron chi connectivity index (χ2n) is 6.75.